The molecule has 0 radical (unpaired) electrons. The van der Waals surface area contributed by atoms with Crippen molar-refractivity contribution in [3.8, 4) is 23.0 Å². The molecule has 1 aliphatic rings. The summed E-state index contributed by atoms with van der Waals surface area (Å²) in [4.78, 5) is 26.2. The standard InChI is InChI=1S/C21H18F3N3O2/c22-21(23,24)18-14-15(6-8-17(18)16-4-2-1-3-5-16)7-9-19(28)26-10-12-27(13-11-26)20(25)29/h1-6,8,14H,10-13H2,(H2,25,29). The van der Waals surface area contributed by atoms with E-state index >= 15 is 0 Å². The Hall–Kier alpha value is -3.47. The number of amides is 3. The van der Waals surface area contributed by atoms with Crippen LogP contribution in [0, 0.1) is 11.8 Å². The van der Waals surface area contributed by atoms with Crippen LogP contribution in [0.25, 0.3) is 11.1 Å². The first kappa shape index (κ1) is 20.3. The van der Waals surface area contributed by atoms with Crippen molar-refractivity contribution in [3.05, 3.63) is 59.7 Å². The number of nitrogens with zero attached hydrogens (tertiary/aromatic N) is 2. The molecule has 2 aromatic carbocycles. The zero-order valence-corrected chi connectivity index (χ0v) is 15.4. The van der Waals surface area contributed by atoms with Crippen molar-refractivity contribution in [1.29, 1.82) is 0 Å². The van der Waals surface area contributed by atoms with Gasteiger partial charge in [0.25, 0.3) is 5.91 Å². The molecule has 150 valence electrons. The van der Waals surface area contributed by atoms with Crippen LogP contribution in [0.1, 0.15) is 11.1 Å². The highest BCUT2D eigenvalue weighted by Crippen LogP contribution is 2.37. The molecule has 2 N–H and O–H groups in total. The topological polar surface area (TPSA) is 66.6 Å². The van der Waals surface area contributed by atoms with Gasteiger partial charge in [-0.25, -0.2) is 4.79 Å². The number of carbonyl (C=O) groups excluding carboxylic acids is 2. The minimum absolute atomic E-state index is 0.0533. The van der Waals surface area contributed by atoms with Crippen molar-refractivity contribution in [3.63, 3.8) is 0 Å². The Morgan fingerprint density at radius 3 is 2.14 bits per heavy atom. The molecule has 0 spiro atoms. The summed E-state index contributed by atoms with van der Waals surface area (Å²) in [5, 5.41) is 0. The number of piperazine rings is 1. The molecule has 5 nitrogen and oxygen atoms in total. The maximum atomic E-state index is 13.5. The maximum absolute atomic E-state index is 13.5. The third kappa shape index (κ3) is 4.88. The fraction of sp³-hybridized carbons (Fsp3) is 0.238. The first-order chi connectivity index (χ1) is 13.8. The van der Waals surface area contributed by atoms with Crippen LogP contribution in [0.3, 0.4) is 0 Å². The molecule has 8 heteroatoms. The number of hydrogen-bond acceptors (Lipinski definition) is 2. The summed E-state index contributed by atoms with van der Waals surface area (Å²) in [6.45, 7) is 1.15. The maximum Gasteiger partial charge on any atom is 0.417 e. The number of nitrogens with two attached hydrogens (primary N) is 1. The molecule has 0 unspecified atom stereocenters. The molecule has 0 aliphatic carbocycles. The van der Waals surface area contributed by atoms with E-state index in [0.29, 0.717) is 18.7 Å². The summed E-state index contributed by atoms with van der Waals surface area (Å²) >= 11 is 0. The van der Waals surface area contributed by atoms with Gasteiger partial charge in [-0.3, -0.25) is 4.79 Å². The van der Waals surface area contributed by atoms with Gasteiger partial charge in [0.15, 0.2) is 0 Å². The molecular weight excluding hydrogens is 383 g/mol. The molecule has 1 heterocycles. The monoisotopic (exact) mass is 401 g/mol. The summed E-state index contributed by atoms with van der Waals surface area (Å²) in [6, 6.07) is 11.5. The van der Waals surface area contributed by atoms with Gasteiger partial charge in [-0.1, -0.05) is 42.3 Å². The molecule has 1 aliphatic heterocycles. The Labute approximate surface area is 165 Å². The lowest BCUT2D eigenvalue weighted by atomic mass is 9.97. The molecule has 0 bridgehead atoms. The molecule has 3 amide bonds. The van der Waals surface area contributed by atoms with Crippen LogP contribution in [-0.2, 0) is 11.0 Å². The summed E-state index contributed by atoms with van der Waals surface area (Å²) in [6.07, 6.45) is -4.56. The van der Waals surface area contributed by atoms with Gasteiger partial charge in [-0.05, 0) is 23.3 Å². The second-order valence-corrected chi connectivity index (χ2v) is 6.49. The van der Waals surface area contributed by atoms with Crippen LogP contribution in [0.5, 0.6) is 0 Å². The zero-order valence-electron chi connectivity index (χ0n) is 15.4. The van der Waals surface area contributed by atoms with E-state index in [1.165, 1.54) is 21.9 Å². The Bertz CT molecular complexity index is 970. The van der Waals surface area contributed by atoms with Gasteiger partial charge in [0.2, 0.25) is 0 Å². The van der Waals surface area contributed by atoms with E-state index in [-0.39, 0.29) is 24.2 Å². The van der Waals surface area contributed by atoms with Gasteiger partial charge >= 0.3 is 12.2 Å². The van der Waals surface area contributed by atoms with Gasteiger partial charge in [-0.15, -0.1) is 0 Å². The minimum atomic E-state index is -4.56. The van der Waals surface area contributed by atoms with Crippen LogP contribution in [0.15, 0.2) is 48.5 Å². The Kier molecular flexibility index (Phi) is 5.78. The van der Waals surface area contributed by atoms with Crippen LogP contribution in [0.4, 0.5) is 18.0 Å². The van der Waals surface area contributed by atoms with E-state index < -0.39 is 23.7 Å². The van der Waals surface area contributed by atoms with Crippen molar-refractivity contribution >= 4 is 11.9 Å². The highest BCUT2D eigenvalue weighted by atomic mass is 19.4. The summed E-state index contributed by atoms with van der Waals surface area (Å²) in [5.74, 6) is 4.40. The molecule has 1 fully saturated rings. The van der Waals surface area contributed by atoms with E-state index in [1.54, 1.807) is 30.3 Å². The first-order valence-corrected chi connectivity index (χ1v) is 8.87. The molecule has 2 aromatic rings. The Morgan fingerprint density at radius 1 is 0.931 bits per heavy atom. The molecule has 1 saturated heterocycles. The van der Waals surface area contributed by atoms with Crippen molar-refractivity contribution in [1.82, 2.24) is 9.80 Å². The second kappa shape index (κ2) is 8.27. The Balaban J connectivity index is 1.81. The largest absolute Gasteiger partial charge is 0.417 e. The zero-order chi connectivity index (χ0) is 21.0. The van der Waals surface area contributed by atoms with Crippen LogP contribution >= 0.6 is 0 Å². The van der Waals surface area contributed by atoms with E-state index in [4.69, 9.17) is 5.73 Å². The molecule has 0 atom stereocenters. The first-order valence-electron chi connectivity index (χ1n) is 8.87. The van der Waals surface area contributed by atoms with Crippen molar-refractivity contribution in [2.75, 3.05) is 26.2 Å². The molecule has 3 rings (SSSR count). The predicted molar refractivity (Wildman–Crippen MR) is 101 cm³/mol. The van der Waals surface area contributed by atoms with Crippen molar-refractivity contribution < 1.29 is 22.8 Å². The highest BCUT2D eigenvalue weighted by Gasteiger charge is 2.34. The lowest BCUT2D eigenvalue weighted by Gasteiger charge is -2.32. The summed E-state index contributed by atoms with van der Waals surface area (Å²) in [7, 11) is 0. The number of alkyl halides is 3. The van der Waals surface area contributed by atoms with Crippen LogP contribution in [0.2, 0.25) is 0 Å². The third-order valence-corrected chi connectivity index (χ3v) is 4.60. The smallest absolute Gasteiger partial charge is 0.351 e. The van der Waals surface area contributed by atoms with Crippen molar-refractivity contribution in [2.45, 2.75) is 6.18 Å². The average molecular weight is 401 g/mol. The molecule has 0 aromatic heterocycles. The van der Waals surface area contributed by atoms with Gasteiger partial charge in [0, 0.05) is 37.7 Å². The van der Waals surface area contributed by atoms with Gasteiger partial charge in [0.1, 0.15) is 0 Å². The van der Waals surface area contributed by atoms with Crippen LogP contribution in [-0.4, -0.2) is 47.9 Å². The normalized spacial score (nSPS) is 14.2. The van der Waals surface area contributed by atoms with E-state index in [0.717, 1.165) is 6.07 Å². The van der Waals surface area contributed by atoms with E-state index in [9.17, 15) is 22.8 Å². The Morgan fingerprint density at radius 2 is 1.55 bits per heavy atom. The number of halogens is 3. The number of benzene rings is 2. The number of rotatable bonds is 1. The van der Waals surface area contributed by atoms with Gasteiger partial charge < -0.3 is 15.5 Å². The predicted octanol–water partition coefficient (Wildman–Crippen LogP) is 2.95. The molecular formula is C21H18F3N3O2. The lowest BCUT2D eigenvalue weighted by Crippen LogP contribution is -2.51. The highest BCUT2D eigenvalue weighted by molar-refractivity contribution is 5.94. The number of primary amides is 1. The third-order valence-electron chi connectivity index (χ3n) is 4.60. The second-order valence-electron chi connectivity index (χ2n) is 6.49. The number of urea groups is 1. The quantitative estimate of drug-likeness (QED) is 0.747. The van der Waals surface area contributed by atoms with Crippen molar-refractivity contribution in [2.24, 2.45) is 5.73 Å². The summed E-state index contributed by atoms with van der Waals surface area (Å²) < 4.78 is 40.6. The van der Waals surface area contributed by atoms with Gasteiger partial charge in [0.05, 0.1) is 5.56 Å². The van der Waals surface area contributed by atoms with Gasteiger partial charge in [-0.2, -0.15) is 13.2 Å². The fourth-order valence-electron chi connectivity index (χ4n) is 3.06. The lowest BCUT2D eigenvalue weighted by molar-refractivity contribution is -0.137. The fourth-order valence-corrected chi connectivity index (χ4v) is 3.06. The molecule has 29 heavy (non-hydrogen) atoms. The summed E-state index contributed by atoms with van der Waals surface area (Å²) in [5.41, 5.74) is 4.98. The number of carbonyl (C=O) groups is 2. The SMILES string of the molecule is NC(=O)N1CCN(C(=O)C#Cc2ccc(-c3ccccc3)c(C(F)(F)F)c2)CC1. The van der Waals surface area contributed by atoms with E-state index in [2.05, 4.69) is 11.8 Å². The van der Waals surface area contributed by atoms with E-state index in [1.807, 2.05) is 0 Å². The number of hydrogen-bond donors (Lipinski definition) is 1. The minimum Gasteiger partial charge on any atom is -0.351 e. The molecule has 0 saturated carbocycles. The average Bonchev–Trinajstić information content (AvgIpc) is 2.72. The van der Waals surface area contributed by atoms with Crippen LogP contribution < -0.4 is 5.73 Å².